The lowest BCUT2D eigenvalue weighted by Crippen LogP contribution is -2.15. The van der Waals surface area contributed by atoms with Crippen molar-refractivity contribution in [2.45, 2.75) is 20.8 Å². The number of carbonyl (C=O) groups is 2. The number of aryl methyl sites for hydroxylation is 1. The van der Waals surface area contributed by atoms with Crippen LogP contribution in [0.5, 0.6) is 11.5 Å². The van der Waals surface area contributed by atoms with E-state index in [9.17, 15) is 9.59 Å². The van der Waals surface area contributed by atoms with Gasteiger partial charge in [0.2, 0.25) is 5.78 Å². The summed E-state index contributed by atoms with van der Waals surface area (Å²) in [4.78, 5) is 27.6. The molecule has 1 aromatic heterocycles. The smallest absolute Gasteiger partial charge is 0.340 e. The molecule has 26 heavy (non-hydrogen) atoms. The lowest BCUT2D eigenvalue weighted by molar-refractivity contribution is 0.0525. The number of nitrogens with one attached hydrogen (secondary N) is 1. The van der Waals surface area contributed by atoms with Gasteiger partial charge in [0.25, 0.3) is 0 Å². The third-order valence-corrected chi connectivity index (χ3v) is 4.16. The van der Waals surface area contributed by atoms with Crippen LogP contribution >= 0.6 is 0 Å². The van der Waals surface area contributed by atoms with E-state index in [1.807, 2.05) is 18.2 Å². The summed E-state index contributed by atoms with van der Waals surface area (Å²) < 4.78 is 16.1. The van der Waals surface area contributed by atoms with Gasteiger partial charge in [-0.1, -0.05) is 12.1 Å². The van der Waals surface area contributed by atoms with Crippen molar-refractivity contribution in [3.05, 3.63) is 52.4 Å². The molecule has 2 heterocycles. The molecule has 0 amide bonds. The van der Waals surface area contributed by atoms with E-state index in [1.165, 1.54) is 6.08 Å². The van der Waals surface area contributed by atoms with Crippen molar-refractivity contribution in [3.63, 3.8) is 0 Å². The van der Waals surface area contributed by atoms with Gasteiger partial charge >= 0.3 is 5.97 Å². The molecule has 1 N–H and O–H groups in total. The fourth-order valence-electron chi connectivity index (χ4n) is 2.92. The van der Waals surface area contributed by atoms with E-state index in [1.54, 1.807) is 26.8 Å². The molecule has 0 unspecified atom stereocenters. The van der Waals surface area contributed by atoms with Gasteiger partial charge in [0.15, 0.2) is 11.5 Å². The van der Waals surface area contributed by atoms with E-state index < -0.39 is 5.97 Å². The minimum atomic E-state index is -0.423. The average molecular weight is 355 g/mol. The molecule has 6 heteroatoms. The molecule has 0 saturated heterocycles. The van der Waals surface area contributed by atoms with E-state index >= 15 is 0 Å². The number of esters is 1. The van der Waals surface area contributed by atoms with Crippen LogP contribution in [0.3, 0.4) is 0 Å². The van der Waals surface area contributed by atoms with Crippen molar-refractivity contribution in [1.82, 2.24) is 4.98 Å². The van der Waals surface area contributed by atoms with Gasteiger partial charge in [-0.15, -0.1) is 0 Å². The zero-order chi connectivity index (χ0) is 18.7. The van der Waals surface area contributed by atoms with E-state index in [4.69, 9.17) is 14.2 Å². The summed E-state index contributed by atoms with van der Waals surface area (Å²) in [7, 11) is 0. The van der Waals surface area contributed by atoms with Crippen molar-refractivity contribution in [1.29, 1.82) is 0 Å². The van der Waals surface area contributed by atoms with E-state index in [0.29, 0.717) is 47.2 Å². The second kappa shape index (κ2) is 7.47. The first kappa shape index (κ1) is 17.8. The predicted molar refractivity (Wildman–Crippen MR) is 97.0 cm³/mol. The third kappa shape index (κ3) is 3.49. The van der Waals surface area contributed by atoms with Crippen molar-refractivity contribution in [3.8, 4) is 11.5 Å². The Hall–Kier alpha value is -3.02. The van der Waals surface area contributed by atoms with Gasteiger partial charge in [0.1, 0.15) is 13.2 Å². The van der Waals surface area contributed by atoms with Gasteiger partial charge in [0.05, 0.1) is 17.9 Å². The highest BCUT2D eigenvalue weighted by molar-refractivity contribution is 6.08. The molecular formula is C20H21NO5. The number of carbonyl (C=O) groups excluding carboxylic acids is 2. The Morgan fingerprint density at radius 3 is 2.65 bits per heavy atom. The lowest BCUT2D eigenvalue weighted by Gasteiger charge is -2.18. The second-order valence-corrected chi connectivity index (χ2v) is 5.95. The third-order valence-electron chi connectivity index (χ3n) is 4.16. The number of aromatic amines is 1. The van der Waals surface area contributed by atoms with Crippen molar-refractivity contribution in [2.75, 3.05) is 19.8 Å². The number of fused-ring (bicyclic) bond motifs is 1. The largest absolute Gasteiger partial charge is 0.486 e. The molecule has 1 aliphatic rings. The molecule has 1 aromatic carbocycles. The van der Waals surface area contributed by atoms with Gasteiger partial charge in [-0.25, -0.2) is 4.79 Å². The van der Waals surface area contributed by atoms with Crippen LogP contribution in [0.25, 0.3) is 6.08 Å². The zero-order valence-corrected chi connectivity index (χ0v) is 15.0. The minimum absolute atomic E-state index is 0.212. The maximum atomic E-state index is 12.5. The number of hydrogen-bond donors (Lipinski definition) is 1. The summed E-state index contributed by atoms with van der Waals surface area (Å²) in [5.41, 5.74) is 2.85. The van der Waals surface area contributed by atoms with Crippen LogP contribution in [0.4, 0.5) is 0 Å². The van der Waals surface area contributed by atoms with Gasteiger partial charge in [-0.3, -0.25) is 4.79 Å². The summed E-state index contributed by atoms with van der Waals surface area (Å²) in [6.07, 6.45) is 3.18. The molecule has 136 valence electrons. The average Bonchev–Trinajstić information content (AvgIpc) is 2.94. The molecule has 0 saturated carbocycles. The fourth-order valence-corrected chi connectivity index (χ4v) is 2.92. The van der Waals surface area contributed by atoms with Crippen LogP contribution in [-0.4, -0.2) is 36.6 Å². The maximum Gasteiger partial charge on any atom is 0.340 e. The SMILES string of the molecule is CCOC(=O)c1c(C)[nH]c(C(=O)C=Cc2ccc3c(c2)OCCO3)c1C. The molecule has 0 fully saturated rings. The van der Waals surface area contributed by atoms with Crippen molar-refractivity contribution < 1.29 is 23.8 Å². The van der Waals surface area contributed by atoms with Crippen LogP contribution in [0.15, 0.2) is 24.3 Å². The first-order valence-electron chi connectivity index (χ1n) is 8.49. The summed E-state index contributed by atoms with van der Waals surface area (Å²) in [6.45, 7) is 6.57. The Balaban J connectivity index is 1.81. The maximum absolute atomic E-state index is 12.5. The zero-order valence-electron chi connectivity index (χ0n) is 15.0. The topological polar surface area (TPSA) is 77.6 Å². The van der Waals surface area contributed by atoms with Crippen LogP contribution in [-0.2, 0) is 4.74 Å². The summed E-state index contributed by atoms with van der Waals surface area (Å²) >= 11 is 0. The highest BCUT2D eigenvalue weighted by Gasteiger charge is 2.21. The summed E-state index contributed by atoms with van der Waals surface area (Å²) in [5.74, 6) is 0.738. The number of rotatable bonds is 5. The number of hydrogen-bond acceptors (Lipinski definition) is 5. The van der Waals surface area contributed by atoms with Crippen molar-refractivity contribution in [2.24, 2.45) is 0 Å². The second-order valence-electron chi connectivity index (χ2n) is 5.95. The Kier molecular flexibility index (Phi) is 5.11. The predicted octanol–water partition coefficient (Wildman–Crippen LogP) is 3.48. The normalized spacial score (nSPS) is 13.0. The number of ether oxygens (including phenoxy) is 3. The van der Waals surface area contributed by atoms with E-state index in [0.717, 1.165) is 5.56 Å². The van der Waals surface area contributed by atoms with Crippen LogP contribution in [0, 0.1) is 13.8 Å². The Labute approximate surface area is 151 Å². The number of ketones is 1. The van der Waals surface area contributed by atoms with Gasteiger partial charge < -0.3 is 19.2 Å². The quantitative estimate of drug-likeness (QED) is 0.505. The van der Waals surface area contributed by atoms with Crippen LogP contribution < -0.4 is 9.47 Å². The molecule has 3 rings (SSSR count). The van der Waals surface area contributed by atoms with Crippen molar-refractivity contribution >= 4 is 17.8 Å². The Morgan fingerprint density at radius 1 is 1.19 bits per heavy atom. The molecule has 2 aromatic rings. The molecule has 0 bridgehead atoms. The first-order valence-corrected chi connectivity index (χ1v) is 8.49. The number of allylic oxidation sites excluding steroid dienone is 1. The molecule has 0 radical (unpaired) electrons. The first-order chi connectivity index (χ1) is 12.5. The van der Waals surface area contributed by atoms with Crippen LogP contribution in [0.2, 0.25) is 0 Å². The highest BCUT2D eigenvalue weighted by Crippen LogP contribution is 2.31. The van der Waals surface area contributed by atoms with E-state index in [2.05, 4.69) is 4.98 Å². The van der Waals surface area contributed by atoms with Gasteiger partial charge in [-0.05, 0) is 50.1 Å². The van der Waals surface area contributed by atoms with Gasteiger partial charge in [-0.2, -0.15) is 0 Å². The molecule has 6 nitrogen and oxygen atoms in total. The number of benzene rings is 1. The standard InChI is InChI=1S/C20H21NO5/c1-4-24-20(23)18-12(2)19(21-13(18)3)15(22)7-5-14-6-8-16-17(11-14)26-10-9-25-16/h5-8,11,21H,4,9-10H2,1-3H3. The van der Waals surface area contributed by atoms with E-state index in [-0.39, 0.29) is 12.4 Å². The number of aromatic nitrogens is 1. The van der Waals surface area contributed by atoms with Crippen LogP contribution in [0.1, 0.15) is 44.6 Å². The number of H-pyrrole nitrogens is 1. The molecule has 0 atom stereocenters. The fraction of sp³-hybridized carbons (Fsp3) is 0.300. The van der Waals surface area contributed by atoms with Gasteiger partial charge in [0, 0.05) is 5.69 Å². The monoisotopic (exact) mass is 355 g/mol. The lowest BCUT2D eigenvalue weighted by atomic mass is 10.1. The molecule has 0 aliphatic carbocycles. The molecule has 0 spiro atoms. The molecular weight excluding hydrogens is 334 g/mol. The highest BCUT2D eigenvalue weighted by atomic mass is 16.6. The summed E-state index contributed by atoms with van der Waals surface area (Å²) in [6, 6.07) is 5.50. The summed E-state index contributed by atoms with van der Waals surface area (Å²) in [5, 5.41) is 0. The Bertz CT molecular complexity index is 879. The molecule has 1 aliphatic heterocycles. The Morgan fingerprint density at radius 2 is 1.92 bits per heavy atom. The minimum Gasteiger partial charge on any atom is -0.486 e.